The SMILES string of the molecule is C[C@H]1c2ccc(C(=O)NCc3c(F)cc(F)cc3F)cc2N(Cc2c(F)cc(F)cc2OCOP(=O)(O)O)C(=O)N1C. The van der Waals surface area contributed by atoms with Crippen LogP contribution >= 0.6 is 7.82 Å². The zero-order chi connectivity index (χ0) is 30.9. The minimum Gasteiger partial charge on any atom is -0.466 e. The van der Waals surface area contributed by atoms with E-state index in [2.05, 4.69) is 9.84 Å². The van der Waals surface area contributed by atoms with Gasteiger partial charge in [-0.05, 0) is 24.6 Å². The molecule has 0 radical (unpaired) electrons. The van der Waals surface area contributed by atoms with Crippen molar-refractivity contribution in [2.75, 3.05) is 18.7 Å². The Morgan fingerprint density at radius 1 is 0.976 bits per heavy atom. The number of hydrogen-bond donors (Lipinski definition) is 3. The van der Waals surface area contributed by atoms with Crippen LogP contribution in [0.1, 0.15) is 40.0 Å². The molecule has 0 saturated carbocycles. The number of benzene rings is 3. The highest BCUT2D eigenvalue weighted by molar-refractivity contribution is 7.46. The van der Waals surface area contributed by atoms with E-state index in [4.69, 9.17) is 14.5 Å². The van der Waals surface area contributed by atoms with Gasteiger partial charge in [0.25, 0.3) is 5.91 Å². The van der Waals surface area contributed by atoms with E-state index in [0.29, 0.717) is 23.8 Å². The van der Waals surface area contributed by atoms with Gasteiger partial charge in [-0.2, -0.15) is 0 Å². The second-order valence-electron chi connectivity index (χ2n) is 9.21. The van der Waals surface area contributed by atoms with Gasteiger partial charge in [0, 0.05) is 49.0 Å². The Balaban J connectivity index is 1.65. The molecule has 1 heterocycles. The first-order chi connectivity index (χ1) is 19.7. The number of nitrogens with zero attached hydrogens (tertiary/aromatic N) is 2. The molecule has 3 aromatic rings. The van der Waals surface area contributed by atoms with Gasteiger partial charge >= 0.3 is 13.9 Å². The highest BCUT2D eigenvalue weighted by Crippen LogP contribution is 2.39. The van der Waals surface area contributed by atoms with Crippen molar-refractivity contribution in [3.63, 3.8) is 0 Å². The number of amides is 3. The van der Waals surface area contributed by atoms with Gasteiger partial charge in [-0.15, -0.1) is 0 Å². The number of urea groups is 1. The summed E-state index contributed by atoms with van der Waals surface area (Å²) in [7, 11) is -3.50. The number of anilines is 1. The molecule has 0 saturated heterocycles. The maximum atomic E-state index is 14.9. The van der Waals surface area contributed by atoms with Crippen LogP contribution in [0.4, 0.5) is 32.4 Å². The van der Waals surface area contributed by atoms with E-state index in [-0.39, 0.29) is 16.8 Å². The molecule has 42 heavy (non-hydrogen) atoms. The molecule has 3 aromatic carbocycles. The first-order valence-corrected chi connectivity index (χ1v) is 13.6. The van der Waals surface area contributed by atoms with Crippen LogP contribution in [0.2, 0.25) is 0 Å². The smallest absolute Gasteiger partial charge is 0.466 e. The molecule has 0 bridgehead atoms. The Morgan fingerprint density at radius 3 is 2.19 bits per heavy atom. The molecule has 224 valence electrons. The number of halogens is 5. The maximum absolute atomic E-state index is 14.9. The summed E-state index contributed by atoms with van der Waals surface area (Å²) in [6.45, 7) is -0.563. The summed E-state index contributed by atoms with van der Waals surface area (Å²) in [6.07, 6.45) is 0. The zero-order valence-corrected chi connectivity index (χ0v) is 22.8. The predicted octanol–water partition coefficient (Wildman–Crippen LogP) is 4.89. The van der Waals surface area contributed by atoms with Crippen molar-refractivity contribution in [3.8, 4) is 5.75 Å². The van der Waals surface area contributed by atoms with Crippen molar-refractivity contribution in [2.45, 2.75) is 26.1 Å². The molecule has 16 heteroatoms. The summed E-state index contributed by atoms with van der Waals surface area (Å²) in [5.41, 5.74) is -0.308. The van der Waals surface area contributed by atoms with Crippen LogP contribution in [0, 0.1) is 29.1 Å². The van der Waals surface area contributed by atoms with Crippen LogP contribution in [-0.4, -0.2) is 40.5 Å². The van der Waals surface area contributed by atoms with Crippen LogP contribution in [0.15, 0.2) is 42.5 Å². The fourth-order valence-electron chi connectivity index (χ4n) is 4.28. The average molecular weight is 615 g/mol. The van der Waals surface area contributed by atoms with Gasteiger partial charge in [0.2, 0.25) is 0 Å². The van der Waals surface area contributed by atoms with Gasteiger partial charge in [0.15, 0.2) is 6.79 Å². The molecule has 3 amide bonds. The van der Waals surface area contributed by atoms with Gasteiger partial charge in [0.1, 0.15) is 34.8 Å². The fraction of sp³-hybridized carbons (Fsp3) is 0.231. The summed E-state index contributed by atoms with van der Waals surface area (Å²) in [4.78, 5) is 46.3. The van der Waals surface area contributed by atoms with Crippen molar-refractivity contribution in [3.05, 3.63) is 93.8 Å². The van der Waals surface area contributed by atoms with E-state index in [9.17, 15) is 36.1 Å². The number of rotatable bonds is 9. The lowest BCUT2D eigenvalue weighted by atomic mass is 9.98. The summed E-state index contributed by atoms with van der Waals surface area (Å²) < 4.78 is 90.3. The van der Waals surface area contributed by atoms with E-state index in [0.717, 1.165) is 11.0 Å². The molecule has 0 fully saturated rings. The minimum absolute atomic E-state index is 0.0441. The molecular weight excluding hydrogens is 592 g/mol. The Kier molecular flexibility index (Phi) is 8.87. The standard InChI is InChI=1S/C26H23F5N3O7P/c1-13-17-4-3-14(25(35)32-10-18-20(29)6-15(27)7-21(18)30)5-23(17)34(26(36)33(13)2)11-19-22(31)8-16(28)9-24(19)40-12-41-42(37,38)39/h3-9,13H,10-12H2,1-2H3,(H,32,35)(H2,37,38,39)/t13-/m0/s1. The third kappa shape index (κ3) is 6.71. The lowest BCUT2D eigenvalue weighted by Crippen LogP contribution is -2.46. The minimum atomic E-state index is -4.97. The quantitative estimate of drug-likeness (QED) is 0.178. The third-order valence-corrected chi connectivity index (χ3v) is 6.99. The van der Waals surface area contributed by atoms with Gasteiger partial charge in [-0.1, -0.05) is 6.07 Å². The summed E-state index contributed by atoms with van der Waals surface area (Å²) in [6, 6.07) is 5.25. The Labute approximate surface area is 235 Å². The van der Waals surface area contributed by atoms with E-state index in [1.807, 2.05) is 0 Å². The first-order valence-electron chi connectivity index (χ1n) is 12.1. The van der Waals surface area contributed by atoms with E-state index in [1.54, 1.807) is 6.92 Å². The third-order valence-electron chi connectivity index (χ3n) is 6.55. The number of fused-ring (bicyclic) bond motifs is 1. The lowest BCUT2D eigenvalue weighted by molar-refractivity contribution is 0.0815. The number of ether oxygens (including phenoxy) is 1. The second-order valence-corrected chi connectivity index (χ2v) is 10.4. The maximum Gasteiger partial charge on any atom is 0.472 e. The summed E-state index contributed by atoms with van der Waals surface area (Å²) in [5.74, 6) is -7.05. The highest BCUT2D eigenvalue weighted by Gasteiger charge is 2.35. The molecular formula is C26H23F5N3O7P. The molecule has 0 aliphatic carbocycles. The topological polar surface area (TPSA) is 129 Å². The summed E-state index contributed by atoms with van der Waals surface area (Å²) >= 11 is 0. The average Bonchev–Trinajstić information content (AvgIpc) is 2.89. The normalized spacial score (nSPS) is 15.1. The molecule has 0 aromatic heterocycles. The molecule has 4 rings (SSSR count). The number of phosphoric ester groups is 1. The van der Waals surface area contributed by atoms with Crippen LogP contribution in [0.3, 0.4) is 0 Å². The van der Waals surface area contributed by atoms with Crippen LogP contribution in [0.25, 0.3) is 0 Å². The number of nitrogens with one attached hydrogen (secondary N) is 1. The van der Waals surface area contributed by atoms with Crippen LogP contribution in [0.5, 0.6) is 5.75 Å². The molecule has 1 aliphatic rings. The highest BCUT2D eigenvalue weighted by atomic mass is 31.2. The van der Waals surface area contributed by atoms with Gasteiger partial charge in [-0.25, -0.2) is 35.8 Å². The van der Waals surface area contributed by atoms with Crippen molar-refractivity contribution >= 4 is 25.4 Å². The second kappa shape index (κ2) is 12.1. The number of hydrogen-bond acceptors (Lipinski definition) is 5. The lowest BCUT2D eigenvalue weighted by Gasteiger charge is -2.40. The molecule has 0 unspecified atom stereocenters. The summed E-state index contributed by atoms with van der Waals surface area (Å²) in [5, 5.41) is 2.32. The predicted molar refractivity (Wildman–Crippen MR) is 137 cm³/mol. The van der Waals surface area contributed by atoms with Gasteiger partial charge in [-0.3, -0.25) is 9.69 Å². The molecule has 1 aliphatic heterocycles. The largest absolute Gasteiger partial charge is 0.472 e. The Morgan fingerprint density at radius 2 is 1.57 bits per heavy atom. The van der Waals surface area contributed by atoms with Gasteiger partial charge in [0.05, 0.1) is 23.8 Å². The number of phosphoric acid groups is 1. The van der Waals surface area contributed by atoms with E-state index < -0.39 is 86.1 Å². The first kappa shape index (κ1) is 30.9. The van der Waals surface area contributed by atoms with Crippen LogP contribution < -0.4 is 15.0 Å². The van der Waals surface area contributed by atoms with Crippen LogP contribution in [-0.2, 0) is 22.2 Å². The molecule has 10 nitrogen and oxygen atoms in total. The van der Waals surface area contributed by atoms with Crippen molar-refractivity contribution < 1.29 is 55.2 Å². The fourth-order valence-corrected chi connectivity index (χ4v) is 4.47. The number of carbonyl (C=O) groups excluding carboxylic acids is 2. The van der Waals surface area contributed by atoms with E-state index in [1.165, 1.54) is 30.1 Å². The van der Waals surface area contributed by atoms with Gasteiger partial charge < -0.3 is 24.7 Å². The van der Waals surface area contributed by atoms with Crippen molar-refractivity contribution in [1.82, 2.24) is 10.2 Å². The monoisotopic (exact) mass is 615 g/mol. The molecule has 0 spiro atoms. The molecule has 3 N–H and O–H groups in total. The Bertz CT molecular complexity index is 1580. The van der Waals surface area contributed by atoms with Crippen molar-refractivity contribution in [2.24, 2.45) is 0 Å². The Hall–Kier alpha value is -4.04. The van der Waals surface area contributed by atoms with E-state index >= 15 is 0 Å². The van der Waals surface area contributed by atoms with Crippen molar-refractivity contribution in [1.29, 1.82) is 0 Å². The zero-order valence-electron chi connectivity index (χ0n) is 21.9. The number of carbonyl (C=O) groups is 2. The molecule has 1 atom stereocenters.